The Hall–Kier alpha value is -3.05. The van der Waals surface area contributed by atoms with Crippen LogP contribution in [-0.2, 0) is 56.5 Å². The molecule has 15 heteroatoms. The second-order valence-electron chi connectivity index (χ2n) is 17.0. The number of aryl methyl sites for hydroxylation is 1. The minimum absolute atomic E-state index is 0.00659. The summed E-state index contributed by atoms with van der Waals surface area (Å²) in [7, 11) is 5.69. The van der Waals surface area contributed by atoms with E-state index in [-0.39, 0.29) is 43.7 Å². The van der Waals surface area contributed by atoms with E-state index in [1.165, 1.54) is 0 Å². The summed E-state index contributed by atoms with van der Waals surface area (Å²) in [6.07, 6.45) is -3.57. The number of oxime groups is 1. The molecular weight excluding hydrogens is 710 g/mol. The van der Waals surface area contributed by atoms with Crippen LogP contribution in [0, 0.1) is 23.7 Å². The van der Waals surface area contributed by atoms with Crippen LogP contribution >= 0.6 is 0 Å². The number of hydrogen-bond donors (Lipinski definition) is 1. The molecule has 1 N–H and O–H groups in total. The van der Waals surface area contributed by atoms with Crippen LogP contribution < -0.4 is 0 Å². The molecule has 0 radical (unpaired) electrons. The number of hydrogen-bond acceptors (Lipinski definition) is 14. The first-order chi connectivity index (χ1) is 26.0. The highest BCUT2D eigenvalue weighted by molar-refractivity contribution is 5.92. The van der Waals surface area contributed by atoms with Crippen LogP contribution in [0.3, 0.4) is 0 Å². The fourth-order valence-electron chi connectivity index (χ4n) is 9.32. The molecule has 3 unspecified atom stereocenters. The minimum atomic E-state index is -1.31. The standard InChI is InChI=1S/C40H61N5O10/c1-12-31-40(8)35(47)23(4)33(55-40)21(2)17-39(7)36(54-38-32(46)30(44(9)10)15-22(3)52-38)24(5)34(25(6)37(48)53-31)49-19-27(20-50-39)42-51-18-26-13-14-29-28(16-26)41-43-45(29)11/h13-14,16,21-25,30-34,36,38,46H,12,15,17-20H2,1-11H3/b42-27+/t21-,22-,23?,24-,25-,30+,31-,32-,33?,34+,36-,38+,39-,40?/m1/s1. The van der Waals surface area contributed by atoms with E-state index in [1.54, 1.807) is 18.5 Å². The van der Waals surface area contributed by atoms with E-state index in [0.717, 1.165) is 16.6 Å². The van der Waals surface area contributed by atoms with Gasteiger partial charge in [-0.05, 0) is 84.7 Å². The Morgan fingerprint density at radius 1 is 1.07 bits per heavy atom. The van der Waals surface area contributed by atoms with Gasteiger partial charge in [-0.3, -0.25) is 9.59 Å². The van der Waals surface area contributed by atoms with Crippen LogP contribution in [0.2, 0.25) is 0 Å². The molecule has 0 amide bonds. The number of aromatic nitrogens is 3. The minimum Gasteiger partial charge on any atom is -0.459 e. The summed E-state index contributed by atoms with van der Waals surface area (Å²) in [5.74, 6) is -2.59. The van der Waals surface area contributed by atoms with Crippen LogP contribution in [0.5, 0.6) is 0 Å². The van der Waals surface area contributed by atoms with E-state index in [0.29, 0.717) is 25.0 Å². The lowest BCUT2D eigenvalue weighted by molar-refractivity contribution is -0.302. The molecule has 0 saturated carbocycles. The first-order valence-electron chi connectivity index (χ1n) is 19.8. The summed E-state index contributed by atoms with van der Waals surface area (Å²) >= 11 is 0. The number of cyclic esters (lactones) is 1. The maximum atomic E-state index is 14.2. The van der Waals surface area contributed by atoms with E-state index in [1.807, 2.05) is 78.9 Å². The number of carbonyl (C=O) groups is 2. The molecule has 4 aliphatic heterocycles. The number of likely N-dealkylation sites (N-methyl/N-ethyl adjacent to an activating group) is 1. The van der Waals surface area contributed by atoms with Crippen molar-refractivity contribution in [1.82, 2.24) is 19.9 Å². The van der Waals surface area contributed by atoms with E-state index < -0.39 is 71.7 Å². The number of benzene rings is 1. The van der Waals surface area contributed by atoms with Crippen LogP contribution in [0.25, 0.3) is 11.0 Å². The number of fused-ring (bicyclic) bond motifs is 6. The molecule has 0 spiro atoms. The van der Waals surface area contributed by atoms with Gasteiger partial charge in [-0.2, -0.15) is 0 Å². The Kier molecular flexibility index (Phi) is 12.4. The third kappa shape index (κ3) is 8.21. The third-order valence-electron chi connectivity index (χ3n) is 12.4. The molecule has 0 aliphatic carbocycles. The number of aliphatic hydroxyl groups is 1. The number of nitrogens with zero attached hydrogens (tertiary/aromatic N) is 5. The second kappa shape index (κ2) is 16.4. The summed E-state index contributed by atoms with van der Waals surface area (Å²) in [4.78, 5) is 36.0. The van der Waals surface area contributed by atoms with E-state index in [2.05, 4.69) is 22.4 Å². The summed E-state index contributed by atoms with van der Waals surface area (Å²) in [6.45, 7) is 15.4. The molecule has 1 aromatic carbocycles. The molecular formula is C40H61N5O10. The number of ether oxygens (including phenoxy) is 6. The Balaban J connectivity index is 1.39. The smallest absolute Gasteiger partial charge is 0.311 e. The van der Waals surface area contributed by atoms with Crippen molar-refractivity contribution in [1.29, 1.82) is 0 Å². The Morgan fingerprint density at radius 2 is 1.82 bits per heavy atom. The van der Waals surface area contributed by atoms with Crippen molar-refractivity contribution in [2.75, 3.05) is 27.3 Å². The van der Waals surface area contributed by atoms with Gasteiger partial charge < -0.3 is 43.3 Å². The SMILES string of the molecule is CC[C@H]1OC(=O)[C@H](C)[C@H]2OC/C(=N\OCc3ccc4c(c3)nnn4C)CO[C@](C)(C[C@@H](C)C3OC1(C)C(=O)C3C)[C@H](O[C@@H]1O[C@H](C)C[C@H](N(C)C)[C@H]1O)[C@@H]2C. The van der Waals surface area contributed by atoms with Gasteiger partial charge in [-0.15, -0.1) is 5.10 Å². The van der Waals surface area contributed by atoms with E-state index >= 15 is 0 Å². The molecule has 15 nitrogen and oxygen atoms in total. The largest absolute Gasteiger partial charge is 0.459 e. The fourth-order valence-corrected chi connectivity index (χ4v) is 9.32. The summed E-state index contributed by atoms with van der Waals surface area (Å²) in [6, 6.07) is 5.56. The predicted octanol–water partition coefficient (Wildman–Crippen LogP) is 3.82. The molecule has 55 heavy (non-hydrogen) atoms. The lowest BCUT2D eigenvalue weighted by Gasteiger charge is -2.48. The number of carbonyl (C=O) groups excluding carboxylic acids is 2. The number of rotatable bonds is 7. The van der Waals surface area contributed by atoms with Crippen molar-refractivity contribution in [2.24, 2.45) is 35.9 Å². The van der Waals surface area contributed by atoms with Gasteiger partial charge in [0, 0.05) is 24.9 Å². The lowest BCUT2D eigenvalue weighted by atomic mass is 9.75. The van der Waals surface area contributed by atoms with Crippen molar-refractivity contribution >= 4 is 28.5 Å². The quantitative estimate of drug-likeness (QED) is 0.319. The molecule has 1 aromatic heterocycles. The topological polar surface area (TPSA) is 165 Å². The lowest BCUT2D eigenvalue weighted by Crippen LogP contribution is -2.59. The molecule has 306 valence electrons. The summed E-state index contributed by atoms with van der Waals surface area (Å²) in [5.41, 5.74) is 0.585. The van der Waals surface area contributed by atoms with Gasteiger partial charge in [0.25, 0.3) is 0 Å². The Labute approximate surface area is 324 Å². The zero-order chi connectivity index (χ0) is 40.0. The molecule has 14 atom stereocenters. The van der Waals surface area contributed by atoms with Gasteiger partial charge in [0.1, 0.15) is 30.0 Å². The predicted molar refractivity (Wildman–Crippen MR) is 202 cm³/mol. The highest BCUT2D eigenvalue weighted by atomic mass is 16.7. The van der Waals surface area contributed by atoms with E-state index in [4.69, 9.17) is 33.3 Å². The van der Waals surface area contributed by atoms with Crippen LogP contribution in [-0.4, -0.2) is 130 Å². The van der Waals surface area contributed by atoms with Crippen LogP contribution in [0.1, 0.15) is 80.2 Å². The number of esters is 1. The maximum absolute atomic E-state index is 14.2. The first-order valence-corrected chi connectivity index (χ1v) is 19.8. The average Bonchev–Trinajstić information content (AvgIpc) is 3.64. The molecule has 4 bridgehead atoms. The van der Waals surface area contributed by atoms with Crippen molar-refractivity contribution in [2.45, 2.75) is 141 Å². The normalized spacial score (nSPS) is 41.3. The van der Waals surface area contributed by atoms with Gasteiger partial charge in [-0.25, -0.2) is 4.68 Å². The molecule has 2 aromatic rings. The van der Waals surface area contributed by atoms with Gasteiger partial charge in [0.15, 0.2) is 17.7 Å². The van der Waals surface area contributed by atoms with Gasteiger partial charge in [-0.1, -0.05) is 44.1 Å². The van der Waals surface area contributed by atoms with Crippen molar-refractivity contribution in [3.63, 3.8) is 0 Å². The highest BCUT2D eigenvalue weighted by Crippen LogP contribution is 2.45. The van der Waals surface area contributed by atoms with Crippen molar-refractivity contribution in [3.8, 4) is 0 Å². The number of ketones is 1. The monoisotopic (exact) mass is 771 g/mol. The molecule has 5 heterocycles. The number of Topliss-reactive ketones (excluding diaryl/α,β-unsaturated/α-hetero) is 1. The summed E-state index contributed by atoms with van der Waals surface area (Å²) < 4.78 is 41.4. The van der Waals surface area contributed by atoms with Crippen molar-refractivity contribution < 1.29 is 48.0 Å². The Bertz CT molecular complexity index is 1720. The zero-order valence-corrected chi connectivity index (χ0v) is 34.3. The van der Waals surface area contributed by atoms with Gasteiger partial charge >= 0.3 is 5.97 Å². The molecule has 6 rings (SSSR count). The molecule has 4 saturated heterocycles. The van der Waals surface area contributed by atoms with Crippen LogP contribution in [0.4, 0.5) is 0 Å². The fraction of sp³-hybridized carbons (Fsp3) is 0.775. The third-order valence-corrected chi connectivity index (χ3v) is 12.4. The van der Waals surface area contributed by atoms with Gasteiger partial charge in [0.05, 0.1) is 54.7 Å². The van der Waals surface area contributed by atoms with E-state index in [9.17, 15) is 14.7 Å². The van der Waals surface area contributed by atoms with Gasteiger partial charge in [0.2, 0.25) is 0 Å². The second-order valence-corrected chi connectivity index (χ2v) is 17.0. The van der Waals surface area contributed by atoms with Crippen molar-refractivity contribution in [3.05, 3.63) is 23.8 Å². The Morgan fingerprint density at radius 3 is 2.53 bits per heavy atom. The maximum Gasteiger partial charge on any atom is 0.311 e. The average molecular weight is 772 g/mol. The number of aliphatic hydroxyl groups excluding tert-OH is 1. The molecule has 4 fully saturated rings. The highest BCUT2D eigenvalue weighted by Gasteiger charge is 2.58. The summed E-state index contributed by atoms with van der Waals surface area (Å²) in [5, 5.41) is 24.4. The first kappa shape index (κ1) is 41.6. The molecule has 4 aliphatic rings. The van der Waals surface area contributed by atoms with Crippen LogP contribution in [0.15, 0.2) is 23.4 Å². The zero-order valence-electron chi connectivity index (χ0n) is 34.3.